The number of rotatable bonds is 2. The molecule has 2 aromatic rings. The van der Waals surface area contributed by atoms with Crippen LogP contribution in [-0.4, -0.2) is 23.2 Å². The van der Waals surface area contributed by atoms with E-state index in [1.54, 1.807) is 12.1 Å². The third-order valence-corrected chi connectivity index (χ3v) is 3.11. The van der Waals surface area contributed by atoms with Crippen LogP contribution in [-0.2, 0) is 0 Å². The van der Waals surface area contributed by atoms with Crippen molar-refractivity contribution in [3.8, 4) is 17.2 Å². The first-order valence-corrected chi connectivity index (χ1v) is 5.71. The number of aromatic hydroxyl groups is 1. The summed E-state index contributed by atoms with van der Waals surface area (Å²) in [6.45, 7) is 3.90. The molecular formula is C13H14N2O2. The molecule has 2 heterocycles. The van der Waals surface area contributed by atoms with Crippen molar-refractivity contribution in [1.29, 1.82) is 0 Å². The molecule has 0 radical (unpaired) electrons. The van der Waals surface area contributed by atoms with Crippen LogP contribution in [0, 0.1) is 6.92 Å². The van der Waals surface area contributed by atoms with Gasteiger partial charge in [0.25, 0.3) is 0 Å². The predicted molar refractivity (Wildman–Crippen MR) is 64.0 cm³/mol. The molecule has 1 aliphatic rings. The Morgan fingerprint density at radius 3 is 2.59 bits per heavy atom. The molecule has 0 aliphatic carbocycles. The second-order valence-corrected chi connectivity index (χ2v) is 4.36. The van der Waals surface area contributed by atoms with E-state index in [-0.39, 0.29) is 5.75 Å². The smallest absolute Gasteiger partial charge is 0.226 e. The molecule has 0 amide bonds. The largest absolute Gasteiger partial charge is 0.508 e. The van der Waals surface area contributed by atoms with Crippen LogP contribution in [0.25, 0.3) is 11.5 Å². The SMILES string of the molecule is Cc1oc(-c2ccc(O)cc2)nc1C1CNC1. The van der Waals surface area contributed by atoms with E-state index >= 15 is 0 Å². The molecule has 17 heavy (non-hydrogen) atoms. The van der Waals surface area contributed by atoms with Crippen molar-refractivity contribution in [3.63, 3.8) is 0 Å². The lowest BCUT2D eigenvalue weighted by atomic mass is 9.98. The van der Waals surface area contributed by atoms with Crippen molar-refractivity contribution in [2.24, 2.45) is 0 Å². The molecule has 4 heteroatoms. The average Bonchev–Trinajstić information content (AvgIpc) is 2.60. The van der Waals surface area contributed by atoms with Crippen LogP contribution in [0.3, 0.4) is 0 Å². The highest BCUT2D eigenvalue weighted by Crippen LogP contribution is 2.28. The first-order chi connectivity index (χ1) is 8.24. The van der Waals surface area contributed by atoms with Crippen LogP contribution in [0.1, 0.15) is 17.4 Å². The van der Waals surface area contributed by atoms with E-state index < -0.39 is 0 Å². The highest BCUT2D eigenvalue weighted by molar-refractivity contribution is 5.55. The van der Waals surface area contributed by atoms with Gasteiger partial charge in [-0.2, -0.15) is 0 Å². The van der Waals surface area contributed by atoms with Crippen molar-refractivity contribution in [3.05, 3.63) is 35.7 Å². The summed E-state index contributed by atoms with van der Waals surface area (Å²) in [5, 5.41) is 12.5. The molecule has 4 nitrogen and oxygen atoms in total. The molecule has 88 valence electrons. The zero-order valence-electron chi connectivity index (χ0n) is 9.60. The van der Waals surface area contributed by atoms with Gasteiger partial charge in [-0.25, -0.2) is 4.98 Å². The maximum Gasteiger partial charge on any atom is 0.226 e. The van der Waals surface area contributed by atoms with Crippen LogP contribution in [0.2, 0.25) is 0 Å². The zero-order valence-corrected chi connectivity index (χ0v) is 9.60. The van der Waals surface area contributed by atoms with Gasteiger partial charge >= 0.3 is 0 Å². The number of phenolic OH excluding ortho intramolecular Hbond substituents is 1. The maximum absolute atomic E-state index is 9.24. The van der Waals surface area contributed by atoms with Crippen LogP contribution in [0.4, 0.5) is 0 Å². The molecule has 1 aliphatic heterocycles. The fourth-order valence-corrected chi connectivity index (χ4v) is 2.00. The van der Waals surface area contributed by atoms with E-state index in [4.69, 9.17) is 4.42 Å². The fourth-order valence-electron chi connectivity index (χ4n) is 2.00. The predicted octanol–water partition coefficient (Wildman–Crippen LogP) is 2.04. The Morgan fingerprint density at radius 2 is 2.00 bits per heavy atom. The Bertz CT molecular complexity index is 527. The number of hydrogen-bond donors (Lipinski definition) is 2. The van der Waals surface area contributed by atoms with E-state index in [2.05, 4.69) is 10.3 Å². The fraction of sp³-hybridized carbons (Fsp3) is 0.308. The standard InChI is InChI=1S/C13H14N2O2/c1-8-12(10-6-14-7-10)15-13(17-8)9-2-4-11(16)5-3-9/h2-5,10,14,16H,6-7H2,1H3. The Hall–Kier alpha value is -1.81. The third-order valence-electron chi connectivity index (χ3n) is 3.11. The summed E-state index contributed by atoms with van der Waals surface area (Å²) in [7, 11) is 0. The molecule has 0 bridgehead atoms. The summed E-state index contributed by atoms with van der Waals surface area (Å²) < 4.78 is 5.68. The van der Waals surface area contributed by atoms with Gasteiger partial charge in [0.2, 0.25) is 5.89 Å². The van der Waals surface area contributed by atoms with Crippen molar-refractivity contribution >= 4 is 0 Å². The lowest BCUT2D eigenvalue weighted by Crippen LogP contribution is -2.40. The number of oxazole rings is 1. The Labute approximate surface area is 99.3 Å². The normalized spacial score (nSPS) is 15.8. The summed E-state index contributed by atoms with van der Waals surface area (Å²) in [5.41, 5.74) is 1.94. The summed E-state index contributed by atoms with van der Waals surface area (Å²) in [4.78, 5) is 4.54. The summed E-state index contributed by atoms with van der Waals surface area (Å²) in [6.07, 6.45) is 0. The van der Waals surface area contributed by atoms with Crippen molar-refractivity contribution < 1.29 is 9.52 Å². The van der Waals surface area contributed by atoms with Crippen molar-refractivity contribution in [1.82, 2.24) is 10.3 Å². The molecule has 1 saturated heterocycles. The summed E-state index contributed by atoms with van der Waals surface area (Å²) >= 11 is 0. The molecule has 0 unspecified atom stereocenters. The van der Waals surface area contributed by atoms with Crippen LogP contribution in [0.5, 0.6) is 5.75 Å². The minimum Gasteiger partial charge on any atom is -0.508 e. The third kappa shape index (κ3) is 1.80. The molecule has 0 atom stereocenters. The lowest BCUT2D eigenvalue weighted by Gasteiger charge is -2.25. The Balaban J connectivity index is 1.95. The first kappa shape index (κ1) is 10.4. The molecule has 3 rings (SSSR count). The van der Waals surface area contributed by atoms with E-state index in [0.29, 0.717) is 11.8 Å². The minimum absolute atomic E-state index is 0.250. The van der Waals surface area contributed by atoms with Gasteiger partial charge in [0.05, 0.1) is 5.69 Å². The van der Waals surface area contributed by atoms with Gasteiger partial charge in [-0.15, -0.1) is 0 Å². The second-order valence-electron chi connectivity index (χ2n) is 4.36. The number of aromatic nitrogens is 1. The first-order valence-electron chi connectivity index (χ1n) is 5.71. The number of nitrogens with zero attached hydrogens (tertiary/aromatic N) is 1. The summed E-state index contributed by atoms with van der Waals surface area (Å²) in [6, 6.07) is 6.89. The van der Waals surface area contributed by atoms with E-state index in [1.807, 2.05) is 19.1 Å². The van der Waals surface area contributed by atoms with Gasteiger partial charge in [-0.3, -0.25) is 0 Å². The van der Waals surface area contributed by atoms with E-state index in [9.17, 15) is 5.11 Å². The highest BCUT2D eigenvalue weighted by Gasteiger charge is 2.25. The number of hydrogen-bond acceptors (Lipinski definition) is 4. The van der Waals surface area contributed by atoms with Gasteiger partial charge in [0, 0.05) is 24.6 Å². The van der Waals surface area contributed by atoms with E-state index in [0.717, 1.165) is 30.1 Å². The van der Waals surface area contributed by atoms with Gasteiger partial charge in [0.1, 0.15) is 11.5 Å². The molecular weight excluding hydrogens is 216 g/mol. The van der Waals surface area contributed by atoms with Crippen LogP contribution >= 0.6 is 0 Å². The number of benzene rings is 1. The quantitative estimate of drug-likeness (QED) is 0.829. The zero-order chi connectivity index (χ0) is 11.8. The number of phenols is 1. The number of nitrogens with one attached hydrogen (secondary N) is 1. The molecule has 0 saturated carbocycles. The Kier molecular flexibility index (Phi) is 2.37. The molecule has 1 fully saturated rings. The molecule has 1 aromatic heterocycles. The molecule has 2 N–H and O–H groups in total. The Morgan fingerprint density at radius 1 is 1.29 bits per heavy atom. The van der Waals surface area contributed by atoms with Gasteiger partial charge in [-0.05, 0) is 31.2 Å². The molecule has 1 aromatic carbocycles. The van der Waals surface area contributed by atoms with Gasteiger partial charge in [-0.1, -0.05) is 0 Å². The number of aryl methyl sites for hydroxylation is 1. The molecule has 0 spiro atoms. The monoisotopic (exact) mass is 230 g/mol. The average molecular weight is 230 g/mol. The maximum atomic E-state index is 9.24. The van der Waals surface area contributed by atoms with Gasteiger partial charge < -0.3 is 14.8 Å². The second kappa shape index (κ2) is 3.89. The topological polar surface area (TPSA) is 58.3 Å². The van der Waals surface area contributed by atoms with Crippen LogP contribution in [0.15, 0.2) is 28.7 Å². The minimum atomic E-state index is 0.250. The summed E-state index contributed by atoms with van der Waals surface area (Å²) in [5.74, 6) is 2.24. The van der Waals surface area contributed by atoms with Crippen molar-refractivity contribution in [2.75, 3.05) is 13.1 Å². The highest BCUT2D eigenvalue weighted by atomic mass is 16.4. The van der Waals surface area contributed by atoms with Gasteiger partial charge in [0.15, 0.2) is 0 Å². The lowest BCUT2D eigenvalue weighted by molar-refractivity contribution is 0.433. The van der Waals surface area contributed by atoms with E-state index in [1.165, 1.54) is 0 Å². The van der Waals surface area contributed by atoms with Crippen LogP contribution < -0.4 is 5.32 Å². The van der Waals surface area contributed by atoms with Crippen molar-refractivity contribution in [2.45, 2.75) is 12.8 Å².